The van der Waals surface area contributed by atoms with Crippen LogP contribution in [0.25, 0.3) is 0 Å². The molecule has 0 unspecified atom stereocenters. The van der Waals surface area contributed by atoms with Crippen molar-refractivity contribution in [3.8, 4) is 0 Å². The van der Waals surface area contributed by atoms with Crippen molar-refractivity contribution >= 4 is 10.0 Å². The van der Waals surface area contributed by atoms with Crippen molar-refractivity contribution in [3.63, 3.8) is 0 Å². The number of nitrogens with one attached hydrogen (secondary N) is 2. The second kappa shape index (κ2) is 7.05. The van der Waals surface area contributed by atoms with Crippen LogP contribution in [-0.4, -0.2) is 28.4 Å². The second-order valence-electron chi connectivity index (χ2n) is 6.38. The molecule has 0 radical (unpaired) electrons. The van der Waals surface area contributed by atoms with Gasteiger partial charge < -0.3 is 0 Å². The predicted octanol–water partition coefficient (Wildman–Crippen LogP) is 2.37. The lowest BCUT2D eigenvalue weighted by atomic mass is 10.2. The molecule has 0 aliphatic rings. The van der Waals surface area contributed by atoms with E-state index in [1.165, 1.54) is 0 Å². The second-order valence-corrected chi connectivity index (χ2v) is 8.08. The largest absolute Gasteiger partial charge is 0.281 e. The summed E-state index contributed by atoms with van der Waals surface area (Å²) < 4.78 is 29.8. The van der Waals surface area contributed by atoms with E-state index >= 15 is 0 Å². The molecule has 0 aliphatic heterocycles. The van der Waals surface area contributed by atoms with Crippen molar-refractivity contribution in [1.82, 2.24) is 24.7 Å². The van der Waals surface area contributed by atoms with E-state index < -0.39 is 10.0 Å². The average molecular weight is 373 g/mol. The molecule has 7 nitrogen and oxygen atoms in total. The van der Waals surface area contributed by atoms with Crippen LogP contribution in [0.2, 0.25) is 0 Å². The van der Waals surface area contributed by atoms with Gasteiger partial charge in [-0.2, -0.15) is 10.2 Å². The molecule has 0 saturated carbocycles. The number of hydrogen-bond donors (Lipinski definition) is 2. The van der Waals surface area contributed by atoms with Crippen molar-refractivity contribution in [2.75, 3.05) is 0 Å². The van der Waals surface area contributed by atoms with Gasteiger partial charge in [0.1, 0.15) is 4.90 Å². The minimum atomic E-state index is -3.64. The van der Waals surface area contributed by atoms with E-state index in [4.69, 9.17) is 0 Å². The van der Waals surface area contributed by atoms with Crippen LogP contribution in [0.5, 0.6) is 0 Å². The van der Waals surface area contributed by atoms with E-state index in [-0.39, 0.29) is 11.4 Å². The zero-order valence-corrected chi connectivity index (χ0v) is 16.2. The van der Waals surface area contributed by atoms with Crippen molar-refractivity contribution < 1.29 is 8.42 Å². The average Bonchev–Trinajstić information content (AvgIpc) is 3.06. The number of sulfonamides is 1. The lowest BCUT2D eigenvalue weighted by molar-refractivity contribution is 0.579. The third-order valence-electron chi connectivity index (χ3n) is 4.47. The molecule has 2 heterocycles. The molecule has 2 aromatic heterocycles. The number of rotatable bonds is 6. The van der Waals surface area contributed by atoms with Gasteiger partial charge in [-0.1, -0.05) is 30.3 Å². The van der Waals surface area contributed by atoms with Crippen molar-refractivity contribution in [3.05, 3.63) is 64.2 Å². The molecule has 0 aliphatic carbocycles. The molecule has 0 fully saturated rings. The van der Waals surface area contributed by atoms with Crippen molar-refractivity contribution in [2.24, 2.45) is 0 Å². The molecule has 0 spiro atoms. The summed E-state index contributed by atoms with van der Waals surface area (Å²) in [6.07, 6.45) is 0. The molecule has 1 aromatic carbocycles. The maximum atomic E-state index is 12.6. The zero-order valence-electron chi connectivity index (χ0n) is 15.4. The van der Waals surface area contributed by atoms with Crippen LogP contribution in [0.3, 0.4) is 0 Å². The Morgan fingerprint density at radius 1 is 1.08 bits per heavy atom. The maximum absolute atomic E-state index is 12.6. The normalized spacial score (nSPS) is 11.8. The Morgan fingerprint density at radius 3 is 2.38 bits per heavy atom. The van der Waals surface area contributed by atoms with Gasteiger partial charge in [0.15, 0.2) is 0 Å². The van der Waals surface area contributed by atoms with Gasteiger partial charge >= 0.3 is 0 Å². The highest BCUT2D eigenvalue weighted by molar-refractivity contribution is 7.89. The molecule has 8 heteroatoms. The number of hydrogen-bond acceptors (Lipinski definition) is 4. The van der Waals surface area contributed by atoms with Gasteiger partial charge in [0.2, 0.25) is 10.0 Å². The Bertz CT molecular complexity index is 1000. The Balaban J connectivity index is 1.81. The fourth-order valence-corrected chi connectivity index (χ4v) is 4.44. The highest BCUT2D eigenvalue weighted by Gasteiger charge is 2.23. The first-order valence-corrected chi connectivity index (χ1v) is 9.86. The molecule has 0 atom stereocenters. The highest BCUT2D eigenvalue weighted by atomic mass is 32.2. The molecule has 26 heavy (non-hydrogen) atoms. The van der Waals surface area contributed by atoms with Gasteiger partial charge in [-0.15, -0.1) is 0 Å². The van der Waals surface area contributed by atoms with Crippen LogP contribution in [0.15, 0.2) is 35.2 Å². The first-order valence-electron chi connectivity index (χ1n) is 8.37. The standard InChI is InChI=1S/C18H23N5O2S/c1-12-17(10-19-26(24,25)18-13(2)20-21-14(18)3)15(4)23(22-12)11-16-8-6-5-7-9-16/h5-9,19H,10-11H2,1-4H3,(H,20,21). The smallest absolute Gasteiger partial charge is 0.244 e. The van der Waals surface area contributed by atoms with Gasteiger partial charge in [-0.05, 0) is 33.3 Å². The van der Waals surface area contributed by atoms with E-state index in [1.54, 1.807) is 13.8 Å². The number of nitrogens with zero attached hydrogens (tertiary/aromatic N) is 3. The number of aromatic amines is 1. The van der Waals surface area contributed by atoms with E-state index in [1.807, 2.05) is 48.9 Å². The summed E-state index contributed by atoms with van der Waals surface area (Å²) in [6.45, 7) is 8.07. The summed E-state index contributed by atoms with van der Waals surface area (Å²) in [5, 5.41) is 11.2. The fourth-order valence-electron chi connectivity index (χ4n) is 3.08. The SMILES string of the molecule is Cc1nn(Cc2ccccc2)c(C)c1CNS(=O)(=O)c1c(C)n[nH]c1C. The van der Waals surface area contributed by atoms with Crippen LogP contribution in [-0.2, 0) is 23.1 Å². The number of aromatic nitrogens is 4. The van der Waals surface area contributed by atoms with Crippen LogP contribution in [0, 0.1) is 27.7 Å². The fraction of sp³-hybridized carbons (Fsp3) is 0.333. The first kappa shape index (κ1) is 18.3. The summed E-state index contributed by atoms with van der Waals surface area (Å²) in [4.78, 5) is 0.212. The summed E-state index contributed by atoms with van der Waals surface area (Å²) in [5.74, 6) is 0. The summed E-state index contributed by atoms with van der Waals surface area (Å²) >= 11 is 0. The Kier molecular flexibility index (Phi) is 4.97. The van der Waals surface area contributed by atoms with Crippen LogP contribution >= 0.6 is 0 Å². The Morgan fingerprint density at radius 2 is 1.77 bits per heavy atom. The van der Waals surface area contributed by atoms with Gasteiger partial charge in [-0.3, -0.25) is 9.78 Å². The number of aryl methyl sites for hydroxylation is 3. The molecule has 3 rings (SSSR count). The molecule has 2 N–H and O–H groups in total. The van der Waals surface area contributed by atoms with E-state index in [9.17, 15) is 8.42 Å². The highest BCUT2D eigenvalue weighted by Crippen LogP contribution is 2.19. The van der Waals surface area contributed by atoms with Gasteiger partial charge in [0.25, 0.3) is 0 Å². The molecule has 0 bridgehead atoms. The summed E-state index contributed by atoms with van der Waals surface area (Å²) in [5.41, 5.74) is 4.81. The van der Waals surface area contributed by atoms with E-state index in [0.717, 1.165) is 22.5 Å². The predicted molar refractivity (Wildman–Crippen MR) is 99.3 cm³/mol. The first-order chi connectivity index (χ1) is 12.3. The zero-order chi connectivity index (χ0) is 18.9. The maximum Gasteiger partial charge on any atom is 0.244 e. The molecular formula is C18H23N5O2S. The molecular weight excluding hydrogens is 350 g/mol. The minimum absolute atomic E-state index is 0.193. The molecule has 3 aromatic rings. The lowest BCUT2D eigenvalue weighted by Crippen LogP contribution is -2.24. The van der Waals surface area contributed by atoms with Gasteiger partial charge in [0, 0.05) is 17.8 Å². The monoisotopic (exact) mass is 373 g/mol. The minimum Gasteiger partial charge on any atom is -0.281 e. The number of H-pyrrole nitrogens is 1. The van der Waals surface area contributed by atoms with E-state index in [2.05, 4.69) is 20.0 Å². The van der Waals surface area contributed by atoms with Crippen LogP contribution < -0.4 is 4.72 Å². The molecule has 138 valence electrons. The van der Waals surface area contributed by atoms with Crippen LogP contribution in [0.1, 0.15) is 33.9 Å². The lowest BCUT2D eigenvalue weighted by Gasteiger charge is -2.08. The third kappa shape index (κ3) is 3.56. The van der Waals surface area contributed by atoms with Gasteiger partial charge in [-0.25, -0.2) is 13.1 Å². The molecule has 0 amide bonds. The van der Waals surface area contributed by atoms with E-state index in [0.29, 0.717) is 17.9 Å². The quantitative estimate of drug-likeness (QED) is 0.694. The number of benzene rings is 1. The Hall–Kier alpha value is -2.45. The van der Waals surface area contributed by atoms with Crippen molar-refractivity contribution in [1.29, 1.82) is 0 Å². The molecule has 0 saturated heterocycles. The topological polar surface area (TPSA) is 92.7 Å². The van der Waals surface area contributed by atoms with Crippen molar-refractivity contribution in [2.45, 2.75) is 45.7 Å². The third-order valence-corrected chi connectivity index (χ3v) is 6.14. The van der Waals surface area contributed by atoms with Crippen LogP contribution in [0.4, 0.5) is 0 Å². The van der Waals surface area contributed by atoms with Gasteiger partial charge in [0.05, 0.1) is 23.6 Å². The summed E-state index contributed by atoms with van der Waals surface area (Å²) in [6, 6.07) is 10.1. The Labute approximate surface area is 153 Å². The summed E-state index contributed by atoms with van der Waals surface area (Å²) in [7, 11) is -3.64.